The molecule has 2 aliphatic rings. The number of hydrogen-bond donors (Lipinski definition) is 0. The molecule has 2 nitrogen and oxygen atoms in total. The highest BCUT2D eigenvalue weighted by Gasteiger charge is 2.42. The molecule has 0 heterocycles. The Morgan fingerprint density at radius 2 is 1.27 bits per heavy atom. The fraction of sp³-hybridized carbons (Fsp3) is 0.889. The van der Waals surface area contributed by atoms with Crippen molar-refractivity contribution >= 4 is 0 Å². The highest BCUT2D eigenvalue weighted by atomic mass is 16.7. The van der Waals surface area contributed by atoms with Crippen molar-refractivity contribution in [3.8, 4) is 0 Å². The van der Waals surface area contributed by atoms with E-state index in [1.165, 1.54) is 25.7 Å². The Hall–Kier alpha value is -0.0800. The maximum atomic E-state index is 5.41. The maximum absolute atomic E-state index is 5.41. The lowest BCUT2D eigenvalue weighted by atomic mass is 10.4. The van der Waals surface area contributed by atoms with Gasteiger partial charge in [-0.15, -0.1) is 0 Å². The molecular weight excluding hydrogens is 140 g/mol. The second kappa shape index (κ2) is 2.20. The van der Waals surface area contributed by atoms with Crippen LogP contribution in [0.25, 0.3) is 0 Å². The highest BCUT2D eigenvalue weighted by Crippen LogP contribution is 2.42. The molecule has 0 N–H and O–H groups in total. The lowest BCUT2D eigenvalue weighted by Crippen LogP contribution is -2.12. The molecule has 0 aromatic rings. The zero-order valence-electron chi connectivity index (χ0n) is 7.22. The topological polar surface area (TPSA) is 18.5 Å². The summed E-state index contributed by atoms with van der Waals surface area (Å²) in [6.07, 6.45) is 4.68. The minimum Gasteiger partial charge on any atom is -0.342 e. The molecule has 63 valence electrons. The van der Waals surface area contributed by atoms with Gasteiger partial charge >= 0.3 is 0 Å². The molecule has 0 bridgehead atoms. The van der Waals surface area contributed by atoms with Crippen LogP contribution in [0.2, 0.25) is 0 Å². The van der Waals surface area contributed by atoms with E-state index in [0.29, 0.717) is 0 Å². The molecule has 2 fully saturated rings. The molecule has 0 atom stereocenters. The third-order valence-electron chi connectivity index (χ3n) is 2.57. The molecular formula is C9H15O2. The summed E-state index contributed by atoms with van der Waals surface area (Å²) in [5.41, 5.74) is 0.233. The third kappa shape index (κ3) is 1.94. The SMILES string of the molecule is CC1(O[CH]OC2(C)CC2)CC1. The van der Waals surface area contributed by atoms with Gasteiger partial charge in [0.2, 0.25) is 6.79 Å². The zero-order valence-corrected chi connectivity index (χ0v) is 7.22. The summed E-state index contributed by atoms with van der Waals surface area (Å²) in [4.78, 5) is 0. The van der Waals surface area contributed by atoms with Gasteiger partial charge in [-0.3, -0.25) is 0 Å². The van der Waals surface area contributed by atoms with Crippen LogP contribution in [0.1, 0.15) is 39.5 Å². The van der Waals surface area contributed by atoms with E-state index in [9.17, 15) is 0 Å². The van der Waals surface area contributed by atoms with E-state index in [4.69, 9.17) is 9.47 Å². The summed E-state index contributed by atoms with van der Waals surface area (Å²) in [7, 11) is 0. The van der Waals surface area contributed by atoms with E-state index in [1.54, 1.807) is 6.79 Å². The Balaban J connectivity index is 1.60. The molecule has 0 aliphatic heterocycles. The highest BCUT2D eigenvalue weighted by molar-refractivity contribution is 4.93. The van der Waals surface area contributed by atoms with Gasteiger partial charge in [0.15, 0.2) is 0 Å². The first-order valence-corrected chi connectivity index (χ1v) is 4.29. The van der Waals surface area contributed by atoms with Gasteiger partial charge in [0.05, 0.1) is 11.2 Å². The number of hydrogen-bond acceptors (Lipinski definition) is 2. The lowest BCUT2D eigenvalue weighted by Gasteiger charge is -2.13. The molecule has 0 unspecified atom stereocenters. The van der Waals surface area contributed by atoms with Gasteiger partial charge < -0.3 is 9.47 Å². The quantitative estimate of drug-likeness (QED) is 0.620. The summed E-state index contributed by atoms with van der Waals surface area (Å²) in [5.74, 6) is 0. The van der Waals surface area contributed by atoms with Crippen molar-refractivity contribution < 1.29 is 9.47 Å². The predicted octanol–water partition coefficient (Wildman–Crippen LogP) is 2.24. The van der Waals surface area contributed by atoms with Crippen LogP contribution in [0.15, 0.2) is 0 Å². The zero-order chi connectivity index (χ0) is 7.95. The van der Waals surface area contributed by atoms with Crippen molar-refractivity contribution in [2.45, 2.75) is 50.7 Å². The van der Waals surface area contributed by atoms with Crippen LogP contribution in [0.5, 0.6) is 0 Å². The molecule has 2 heteroatoms. The monoisotopic (exact) mass is 155 g/mol. The molecule has 0 aromatic carbocycles. The van der Waals surface area contributed by atoms with Gasteiger partial charge in [-0.2, -0.15) is 0 Å². The molecule has 0 saturated heterocycles. The molecule has 0 spiro atoms. The van der Waals surface area contributed by atoms with Crippen LogP contribution in [0.3, 0.4) is 0 Å². The summed E-state index contributed by atoms with van der Waals surface area (Å²) >= 11 is 0. The minimum absolute atomic E-state index is 0.116. The normalized spacial score (nSPS) is 30.0. The van der Waals surface area contributed by atoms with Crippen molar-refractivity contribution in [1.82, 2.24) is 0 Å². The largest absolute Gasteiger partial charge is 0.342 e. The molecule has 2 saturated carbocycles. The van der Waals surface area contributed by atoms with E-state index in [2.05, 4.69) is 13.8 Å². The Morgan fingerprint density at radius 3 is 1.55 bits per heavy atom. The summed E-state index contributed by atoms with van der Waals surface area (Å²) in [6.45, 7) is 5.77. The van der Waals surface area contributed by atoms with Crippen molar-refractivity contribution in [1.29, 1.82) is 0 Å². The van der Waals surface area contributed by atoms with Gasteiger partial charge in [-0.25, -0.2) is 0 Å². The minimum atomic E-state index is 0.116. The first-order chi connectivity index (χ1) is 5.12. The van der Waals surface area contributed by atoms with Crippen LogP contribution in [0, 0.1) is 6.79 Å². The molecule has 0 aromatic heterocycles. The molecule has 1 radical (unpaired) electrons. The van der Waals surface area contributed by atoms with E-state index in [1.807, 2.05) is 0 Å². The standard InChI is InChI=1S/C9H15O2/c1-8(3-4-8)10-7-11-9(2)5-6-9/h7H,3-6H2,1-2H3. The second-order valence-electron chi connectivity index (χ2n) is 4.23. The van der Waals surface area contributed by atoms with E-state index < -0.39 is 0 Å². The van der Waals surface area contributed by atoms with Crippen LogP contribution >= 0.6 is 0 Å². The van der Waals surface area contributed by atoms with Gasteiger partial charge in [0.1, 0.15) is 0 Å². The average molecular weight is 155 g/mol. The Kier molecular flexibility index (Phi) is 1.52. The lowest BCUT2D eigenvalue weighted by molar-refractivity contribution is -0.0613. The maximum Gasteiger partial charge on any atom is 0.210 e. The van der Waals surface area contributed by atoms with Crippen molar-refractivity contribution in [2.24, 2.45) is 0 Å². The predicted molar refractivity (Wildman–Crippen MR) is 41.7 cm³/mol. The molecule has 2 aliphatic carbocycles. The van der Waals surface area contributed by atoms with Crippen LogP contribution in [-0.4, -0.2) is 11.2 Å². The summed E-state index contributed by atoms with van der Waals surface area (Å²) in [5, 5.41) is 0. The second-order valence-corrected chi connectivity index (χ2v) is 4.23. The number of rotatable bonds is 4. The van der Waals surface area contributed by atoms with Crippen LogP contribution in [-0.2, 0) is 9.47 Å². The molecule has 0 amide bonds. The molecule has 2 rings (SSSR count). The Labute approximate surface area is 67.9 Å². The first-order valence-electron chi connectivity index (χ1n) is 4.29. The smallest absolute Gasteiger partial charge is 0.210 e. The summed E-state index contributed by atoms with van der Waals surface area (Å²) < 4.78 is 10.8. The number of ether oxygens (including phenoxy) is 2. The van der Waals surface area contributed by atoms with Gasteiger partial charge in [0.25, 0.3) is 0 Å². The Morgan fingerprint density at radius 1 is 0.909 bits per heavy atom. The summed E-state index contributed by atoms with van der Waals surface area (Å²) in [6, 6.07) is 0. The van der Waals surface area contributed by atoms with Crippen LogP contribution in [0.4, 0.5) is 0 Å². The average Bonchev–Trinajstić information content (AvgIpc) is 2.78. The van der Waals surface area contributed by atoms with E-state index in [-0.39, 0.29) is 11.2 Å². The Bertz CT molecular complexity index is 139. The van der Waals surface area contributed by atoms with Gasteiger partial charge in [0, 0.05) is 0 Å². The van der Waals surface area contributed by atoms with Crippen molar-refractivity contribution in [2.75, 3.05) is 0 Å². The van der Waals surface area contributed by atoms with Gasteiger partial charge in [-0.05, 0) is 39.5 Å². The fourth-order valence-electron chi connectivity index (χ4n) is 0.844. The fourth-order valence-corrected chi connectivity index (χ4v) is 0.844. The third-order valence-corrected chi connectivity index (χ3v) is 2.57. The van der Waals surface area contributed by atoms with Crippen LogP contribution < -0.4 is 0 Å². The van der Waals surface area contributed by atoms with E-state index >= 15 is 0 Å². The van der Waals surface area contributed by atoms with Gasteiger partial charge in [-0.1, -0.05) is 0 Å². The van der Waals surface area contributed by atoms with Crippen molar-refractivity contribution in [3.05, 3.63) is 6.79 Å². The van der Waals surface area contributed by atoms with Crippen molar-refractivity contribution in [3.63, 3.8) is 0 Å². The first kappa shape index (κ1) is 7.56. The van der Waals surface area contributed by atoms with E-state index in [0.717, 1.165) is 0 Å². The molecule has 11 heavy (non-hydrogen) atoms.